The van der Waals surface area contributed by atoms with Gasteiger partial charge in [-0.15, -0.1) is 0 Å². The lowest BCUT2D eigenvalue weighted by molar-refractivity contribution is -0.161. The number of carboxylic acids is 1. The number of carboxylic acid groups (broad SMARTS) is 1. The Bertz CT molecular complexity index is 1280. The Morgan fingerprint density at radius 1 is 0.673 bits per heavy atom. The molecule has 0 amide bonds. The fourth-order valence-electron chi connectivity index (χ4n) is 5.05. The first kappa shape index (κ1) is 49.9. The molecule has 1 rings (SSSR count). The van der Waals surface area contributed by atoms with Crippen molar-refractivity contribution in [2.75, 3.05) is 19.8 Å². The molecule has 3 unspecified atom stereocenters. The molecular formula is C42H68NO11P. The van der Waals surface area contributed by atoms with E-state index in [0.29, 0.717) is 25.0 Å². The Hall–Kier alpha value is -3.12. The van der Waals surface area contributed by atoms with E-state index in [-0.39, 0.29) is 12.8 Å². The standard InChI is InChI=1S/C42H68NO11P/c1-3-5-7-8-9-10-13-18-21-24-28-32-41(45)53-36(34-51-55(48,49)52-35-37(43)42(46)47)33-50-40(44)31-27-23-20-17-15-12-11-14-16-19-22-26-30-39-38(54-39)29-25-6-4-2/h6,8-9,12,14-16,20,22-23,25-26,36-39H,3-5,7,10-11,13,17-19,21,24,27-35,43H2,1-2H3,(H,46,47)(H,48,49)/b9-8-,15-12-,16-14-,23-20-,25-6-,26-22-/t36-,37+,38?,39?/m1/s1. The zero-order valence-corrected chi connectivity index (χ0v) is 34.1. The van der Waals surface area contributed by atoms with Crippen LogP contribution in [0.15, 0.2) is 72.9 Å². The maximum atomic E-state index is 12.5. The van der Waals surface area contributed by atoms with Gasteiger partial charge in [-0.1, -0.05) is 119 Å². The molecule has 0 bridgehead atoms. The molecule has 1 aliphatic heterocycles. The number of esters is 2. The molecule has 312 valence electrons. The summed E-state index contributed by atoms with van der Waals surface area (Å²) in [5.74, 6) is -2.52. The van der Waals surface area contributed by atoms with Crippen molar-refractivity contribution in [3.05, 3.63) is 72.9 Å². The predicted molar refractivity (Wildman–Crippen MR) is 216 cm³/mol. The van der Waals surface area contributed by atoms with Gasteiger partial charge < -0.3 is 29.9 Å². The van der Waals surface area contributed by atoms with Gasteiger partial charge in [-0.05, 0) is 70.6 Å². The molecule has 1 aliphatic rings. The molecule has 1 heterocycles. The summed E-state index contributed by atoms with van der Waals surface area (Å²) in [5.41, 5.74) is 5.31. The van der Waals surface area contributed by atoms with Crippen molar-refractivity contribution < 1.29 is 52.2 Å². The minimum atomic E-state index is -4.74. The number of carbonyl (C=O) groups is 3. The molecule has 12 nitrogen and oxygen atoms in total. The summed E-state index contributed by atoms with van der Waals surface area (Å²) >= 11 is 0. The molecule has 0 radical (unpaired) electrons. The predicted octanol–water partition coefficient (Wildman–Crippen LogP) is 9.15. The normalized spacial score (nSPS) is 18.3. The lowest BCUT2D eigenvalue weighted by Gasteiger charge is -2.20. The summed E-state index contributed by atoms with van der Waals surface area (Å²) in [7, 11) is -4.74. The fourth-order valence-corrected chi connectivity index (χ4v) is 5.83. The number of hydrogen-bond acceptors (Lipinski definition) is 10. The quantitative estimate of drug-likeness (QED) is 0.0182. The minimum Gasteiger partial charge on any atom is -0.480 e. The SMILES string of the molecule is CC/C=C\CC1OC1C/C=C\C/C=C\C/C=C\C/C=C\CCC(=O)OC[C@H](COP(=O)(O)OC[C@H](N)C(=O)O)OC(=O)CCCCCCC/C=C\CCCC. The minimum absolute atomic E-state index is 0.0879. The second-order valence-electron chi connectivity index (χ2n) is 13.4. The van der Waals surface area contributed by atoms with Crippen LogP contribution in [-0.4, -0.2) is 72.1 Å². The van der Waals surface area contributed by atoms with Crippen molar-refractivity contribution in [1.29, 1.82) is 0 Å². The first-order chi connectivity index (χ1) is 26.6. The van der Waals surface area contributed by atoms with Gasteiger partial charge >= 0.3 is 25.7 Å². The molecule has 4 N–H and O–H groups in total. The number of unbranched alkanes of at least 4 members (excludes halogenated alkanes) is 7. The summed E-state index contributed by atoms with van der Waals surface area (Å²) in [6.07, 6.45) is 40.3. The molecule has 55 heavy (non-hydrogen) atoms. The number of hydrogen-bond donors (Lipinski definition) is 3. The Morgan fingerprint density at radius 3 is 1.85 bits per heavy atom. The Balaban J connectivity index is 2.35. The number of rotatable bonds is 35. The molecular weight excluding hydrogens is 725 g/mol. The van der Waals surface area contributed by atoms with Crippen LogP contribution in [0.1, 0.15) is 129 Å². The van der Waals surface area contributed by atoms with Gasteiger partial charge in [-0.3, -0.25) is 23.4 Å². The van der Waals surface area contributed by atoms with Crippen molar-refractivity contribution in [3.63, 3.8) is 0 Å². The summed E-state index contributed by atoms with van der Waals surface area (Å²) < 4.78 is 38.1. The van der Waals surface area contributed by atoms with Crippen LogP contribution in [0.3, 0.4) is 0 Å². The van der Waals surface area contributed by atoms with Crippen LogP contribution in [0.25, 0.3) is 0 Å². The van der Waals surface area contributed by atoms with E-state index >= 15 is 0 Å². The molecule has 0 spiro atoms. The van der Waals surface area contributed by atoms with Crippen molar-refractivity contribution >= 4 is 25.7 Å². The van der Waals surface area contributed by atoms with Gasteiger partial charge in [0.15, 0.2) is 6.10 Å². The molecule has 13 heteroatoms. The number of epoxide rings is 1. The van der Waals surface area contributed by atoms with Gasteiger partial charge in [0.1, 0.15) is 12.6 Å². The van der Waals surface area contributed by atoms with E-state index in [4.69, 9.17) is 29.6 Å². The highest BCUT2D eigenvalue weighted by molar-refractivity contribution is 7.47. The average molecular weight is 794 g/mol. The zero-order chi connectivity index (χ0) is 40.4. The largest absolute Gasteiger partial charge is 0.480 e. The Morgan fingerprint density at radius 2 is 1.22 bits per heavy atom. The monoisotopic (exact) mass is 793 g/mol. The van der Waals surface area contributed by atoms with Crippen LogP contribution in [0.2, 0.25) is 0 Å². The van der Waals surface area contributed by atoms with Gasteiger partial charge in [0.2, 0.25) is 0 Å². The fraction of sp³-hybridized carbons (Fsp3) is 0.643. The third-order valence-electron chi connectivity index (χ3n) is 8.35. The molecule has 0 aromatic carbocycles. The highest BCUT2D eigenvalue weighted by Crippen LogP contribution is 2.43. The molecule has 0 aliphatic carbocycles. The van der Waals surface area contributed by atoms with Gasteiger partial charge in [0, 0.05) is 12.8 Å². The second kappa shape index (κ2) is 33.1. The van der Waals surface area contributed by atoms with E-state index in [1.807, 2.05) is 12.2 Å². The second-order valence-corrected chi connectivity index (χ2v) is 14.9. The van der Waals surface area contributed by atoms with Crippen molar-refractivity contribution in [1.82, 2.24) is 0 Å². The van der Waals surface area contributed by atoms with E-state index < -0.39 is 57.7 Å². The van der Waals surface area contributed by atoms with Crippen LogP contribution in [-0.2, 0) is 42.2 Å². The smallest absolute Gasteiger partial charge is 0.472 e. The van der Waals surface area contributed by atoms with Crippen molar-refractivity contribution in [2.24, 2.45) is 5.73 Å². The number of allylic oxidation sites excluding steroid dienone is 10. The zero-order valence-electron chi connectivity index (χ0n) is 33.2. The van der Waals surface area contributed by atoms with Crippen LogP contribution < -0.4 is 5.73 Å². The summed E-state index contributed by atoms with van der Waals surface area (Å²) in [6.45, 7) is 2.52. The third-order valence-corrected chi connectivity index (χ3v) is 9.30. The molecule has 1 saturated heterocycles. The summed E-state index contributed by atoms with van der Waals surface area (Å²) in [6, 6.07) is -1.54. The molecule has 1 fully saturated rings. The van der Waals surface area contributed by atoms with E-state index in [1.165, 1.54) is 12.8 Å². The number of aliphatic carboxylic acids is 1. The number of phosphoric acid groups is 1. The van der Waals surface area contributed by atoms with Crippen molar-refractivity contribution in [2.45, 2.75) is 154 Å². The maximum absolute atomic E-state index is 12.5. The van der Waals surface area contributed by atoms with E-state index in [9.17, 15) is 23.8 Å². The molecule has 0 saturated carbocycles. The van der Waals surface area contributed by atoms with Crippen molar-refractivity contribution in [3.8, 4) is 0 Å². The number of ether oxygens (including phenoxy) is 3. The first-order valence-corrected chi connectivity index (χ1v) is 21.6. The van der Waals surface area contributed by atoms with Gasteiger partial charge in [-0.2, -0.15) is 0 Å². The molecule has 0 aromatic rings. The van der Waals surface area contributed by atoms with E-state index in [0.717, 1.165) is 77.0 Å². The average Bonchev–Trinajstić information content (AvgIpc) is 3.91. The number of carbonyl (C=O) groups excluding carboxylic acids is 2. The van der Waals surface area contributed by atoms with Crippen LogP contribution in [0.5, 0.6) is 0 Å². The molecule has 5 atom stereocenters. The molecule has 0 aromatic heterocycles. The maximum Gasteiger partial charge on any atom is 0.472 e. The van der Waals surface area contributed by atoms with E-state index in [2.05, 4.69) is 79.1 Å². The lowest BCUT2D eigenvalue weighted by atomic mass is 10.1. The number of phosphoric ester groups is 1. The number of nitrogens with two attached hydrogens (primary N) is 1. The Labute approximate surface area is 329 Å². The topological polar surface area (TPSA) is 184 Å². The van der Waals surface area contributed by atoms with Crippen LogP contribution in [0.4, 0.5) is 0 Å². The van der Waals surface area contributed by atoms with Gasteiger partial charge in [0.05, 0.1) is 25.4 Å². The van der Waals surface area contributed by atoms with Gasteiger partial charge in [0.25, 0.3) is 0 Å². The summed E-state index contributed by atoms with van der Waals surface area (Å²) in [5, 5.41) is 8.86. The van der Waals surface area contributed by atoms with Crippen LogP contribution in [0, 0.1) is 0 Å². The van der Waals surface area contributed by atoms with Gasteiger partial charge in [-0.25, -0.2) is 4.57 Å². The highest BCUT2D eigenvalue weighted by atomic mass is 31.2. The van der Waals surface area contributed by atoms with E-state index in [1.54, 1.807) is 0 Å². The lowest BCUT2D eigenvalue weighted by Crippen LogP contribution is -2.34. The summed E-state index contributed by atoms with van der Waals surface area (Å²) in [4.78, 5) is 45.8. The Kier molecular flexibility index (Phi) is 30.0. The third kappa shape index (κ3) is 30.7. The van der Waals surface area contributed by atoms with Crippen LogP contribution >= 0.6 is 7.82 Å². The highest BCUT2D eigenvalue weighted by Gasteiger charge is 2.36. The first-order valence-electron chi connectivity index (χ1n) is 20.1.